The van der Waals surface area contributed by atoms with Gasteiger partial charge in [0.05, 0.1) is 11.1 Å². The van der Waals surface area contributed by atoms with Gasteiger partial charge in [0, 0.05) is 24.2 Å². The summed E-state index contributed by atoms with van der Waals surface area (Å²) >= 11 is 0. The van der Waals surface area contributed by atoms with Gasteiger partial charge in [0.1, 0.15) is 0 Å². The zero-order chi connectivity index (χ0) is 17.3. The number of rotatable bonds is 3. The zero-order valence-corrected chi connectivity index (χ0v) is 14.0. The molecule has 122 valence electrons. The summed E-state index contributed by atoms with van der Waals surface area (Å²) in [6.07, 6.45) is 1.61. The van der Waals surface area contributed by atoms with E-state index in [0.717, 1.165) is 22.2 Å². The highest BCUT2D eigenvalue weighted by Crippen LogP contribution is 2.26. The Morgan fingerprint density at radius 1 is 1.00 bits per heavy atom. The third-order valence-corrected chi connectivity index (χ3v) is 4.13. The van der Waals surface area contributed by atoms with Gasteiger partial charge in [-0.15, -0.1) is 0 Å². The van der Waals surface area contributed by atoms with Crippen LogP contribution in [0.25, 0.3) is 10.9 Å². The Morgan fingerprint density at radius 3 is 2.38 bits per heavy atom. The summed E-state index contributed by atoms with van der Waals surface area (Å²) in [5.41, 5.74) is 3.13. The van der Waals surface area contributed by atoms with Crippen LogP contribution in [0.4, 0.5) is 5.69 Å². The molecular formula is C20H20N2O2. The van der Waals surface area contributed by atoms with Gasteiger partial charge in [-0.3, -0.25) is 14.2 Å². The highest BCUT2D eigenvalue weighted by Gasteiger charge is 2.17. The Bertz CT molecular complexity index is 922. The molecule has 0 saturated carbocycles. The van der Waals surface area contributed by atoms with Gasteiger partial charge in [0.2, 0.25) is 5.91 Å². The van der Waals surface area contributed by atoms with Gasteiger partial charge < -0.3 is 5.32 Å². The number of carbonyl (C=O) groups is 2. The number of nitrogens with zero attached hydrogens (tertiary/aromatic N) is 1. The topological polar surface area (TPSA) is 51.1 Å². The summed E-state index contributed by atoms with van der Waals surface area (Å²) in [6, 6.07) is 15.2. The molecule has 3 aromatic rings. The predicted octanol–water partition coefficient (Wildman–Crippen LogP) is 4.68. The number of carbonyl (C=O) groups excluding carboxylic acids is 2. The van der Waals surface area contributed by atoms with Crippen molar-refractivity contribution < 1.29 is 9.59 Å². The molecular weight excluding hydrogens is 300 g/mol. The van der Waals surface area contributed by atoms with Crippen molar-refractivity contribution in [3.63, 3.8) is 0 Å². The van der Waals surface area contributed by atoms with Crippen molar-refractivity contribution in [2.45, 2.75) is 26.7 Å². The SMILES string of the molecule is CC(=O)n1cc(C(=O)Nc2ccccc2C(C)C)c2ccccc21. The second kappa shape index (κ2) is 6.32. The molecule has 0 spiro atoms. The van der Waals surface area contributed by atoms with E-state index in [1.807, 2.05) is 48.5 Å². The fourth-order valence-electron chi connectivity index (χ4n) is 2.93. The third kappa shape index (κ3) is 2.83. The quantitative estimate of drug-likeness (QED) is 0.762. The van der Waals surface area contributed by atoms with Crippen molar-refractivity contribution >= 4 is 28.4 Å². The van der Waals surface area contributed by atoms with Crippen LogP contribution in [0.5, 0.6) is 0 Å². The average molecular weight is 320 g/mol. The first-order chi connectivity index (χ1) is 11.5. The molecule has 1 heterocycles. The van der Waals surface area contributed by atoms with Crippen LogP contribution >= 0.6 is 0 Å². The molecule has 1 amide bonds. The van der Waals surface area contributed by atoms with Gasteiger partial charge in [-0.1, -0.05) is 50.2 Å². The van der Waals surface area contributed by atoms with Crippen molar-refractivity contribution in [2.24, 2.45) is 0 Å². The molecule has 1 aromatic heterocycles. The van der Waals surface area contributed by atoms with Crippen LogP contribution in [0.1, 0.15) is 47.4 Å². The number of hydrogen-bond donors (Lipinski definition) is 1. The van der Waals surface area contributed by atoms with E-state index in [9.17, 15) is 9.59 Å². The summed E-state index contributed by atoms with van der Waals surface area (Å²) in [5, 5.41) is 3.76. The van der Waals surface area contributed by atoms with Gasteiger partial charge in [0.15, 0.2) is 0 Å². The van der Waals surface area contributed by atoms with Crippen LogP contribution in [0.3, 0.4) is 0 Å². The number of nitrogens with one attached hydrogen (secondary N) is 1. The van der Waals surface area contributed by atoms with Crippen molar-refractivity contribution in [1.29, 1.82) is 0 Å². The van der Waals surface area contributed by atoms with Gasteiger partial charge in [-0.2, -0.15) is 0 Å². The smallest absolute Gasteiger partial charge is 0.257 e. The van der Waals surface area contributed by atoms with E-state index in [0.29, 0.717) is 11.5 Å². The molecule has 4 heteroatoms. The Morgan fingerprint density at radius 2 is 1.67 bits per heavy atom. The number of anilines is 1. The van der Waals surface area contributed by atoms with E-state index in [1.54, 1.807) is 6.20 Å². The number of hydrogen-bond acceptors (Lipinski definition) is 2. The molecule has 4 nitrogen and oxygen atoms in total. The van der Waals surface area contributed by atoms with E-state index in [4.69, 9.17) is 0 Å². The summed E-state index contributed by atoms with van der Waals surface area (Å²) in [4.78, 5) is 24.6. The fourth-order valence-corrected chi connectivity index (χ4v) is 2.93. The highest BCUT2D eigenvalue weighted by atomic mass is 16.2. The molecule has 0 aliphatic heterocycles. The van der Waals surface area contributed by atoms with E-state index >= 15 is 0 Å². The van der Waals surface area contributed by atoms with E-state index < -0.39 is 0 Å². The standard InChI is InChI=1S/C20H20N2O2/c1-13(2)15-8-4-6-10-18(15)21-20(24)17-12-22(14(3)23)19-11-7-5-9-16(17)19/h4-13H,1-3H3,(H,21,24). The summed E-state index contributed by atoms with van der Waals surface area (Å²) in [6.45, 7) is 5.67. The maximum absolute atomic E-state index is 12.8. The number of amides is 1. The average Bonchev–Trinajstić information content (AvgIpc) is 2.95. The van der Waals surface area contributed by atoms with Gasteiger partial charge in [-0.05, 0) is 23.6 Å². The van der Waals surface area contributed by atoms with Crippen LogP contribution in [0.2, 0.25) is 0 Å². The van der Waals surface area contributed by atoms with Crippen LogP contribution in [-0.2, 0) is 0 Å². The molecule has 0 aliphatic carbocycles. The Hall–Kier alpha value is -2.88. The molecule has 0 aliphatic rings. The van der Waals surface area contributed by atoms with Crippen molar-refractivity contribution in [3.05, 3.63) is 65.9 Å². The molecule has 0 saturated heterocycles. The van der Waals surface area contributed by atoms with E-state index in [1.165, 1.54) is 11.5 Å². The van der Waals surface area contributed by atoms with Crippen molar-refractivity contribution in [3.8, 4) is 0 Å². The molecule has 0 atom stereocenters. The van der Waals surface area contributed by atoms with E-state index in [-0.39, 0.29) is 11.8 Å². The first-order valence-electron chi connectivity index (χ1n) is 8.00. The molecule has 0 radical (unpaired) electrons. The van der Waals surface area contributed by atoms with Gasteiger partial charge >= 0.3 is 0 Å². The van der Waals surface area contributed by atoms with Crippen LogP contribution < -0.4 is 5.32 Å². The number of benzene rings is 2. The van der Waals surface area contributed by atoms with Gasteiger partial charge in [-0.25, -0.2) is 0 Å². The number of para-hydroxylation sites is 2. The first kappa shape index (κ1) is 16.0. The van der Waals surface area contributed by atoms with Crippen LogP contribution in [0, 0.1) is 0 Å². The molecule has 1 N–H and O–H groups in total. The molecule has 2 aromatic carbocycles. The third-order valence-electron chi connectivity index (χ3n) is 4.13. The second-order valence-electron chi connectivity index (χ2n) is 6.15. The predicted molar refractivity (Wildman–Crippen MR) is 96.7 cm³/mol. The molecule has 3 rings (SSSR count). The zero-order valence-electron chi connectivity index (χ0n) is 14.0. The Kier molecular flexibility index (Phi) is 4.21. The summed E-state index contributed by atoms with van der Waals surface area (Å²) < 4.78 is 1.51. The maximum atomic E-state index is 12.8. The lowest BCUT2D eigenvalue weighted by molar-refractivity contribution is 0.0941. The van der Waals surface area contributed by atoms with Crippen molar-refractivity contribution in [1.82, 2.24) is 4.57 Å². The summed E-state index contributed by atoms with van der Waals surface area (Å²) in [7, 11) is 0. The van der Waals surface area contributed by atoms with Crippen LogP contribution in [0.15, 0.2) is 54.7 Å². The highest BCUT2D eigenvalue weighted by molar-refractivity contribution is 6.14. The number of fused-ring (bicyclic) bond motifs is 1. The van der Waals surface area contributed by atoms with Gasteiger partial charge in [0.25, 0.3) is 5.91 Å². The summed E-state index contributed by atoms with van der Waals surface area (Å²) in [5.74, 6) is -0.0211. The number of aromatic nitrogens is 1. The molecule has 0 bridgehead atoms. The Balaban J connectivity index is 2.03. The first-order valence-corrected chi connectivity index (χ1v) is 8.00. The molecule has 0 unspecified atom stereocenters. The Labute approximate surface area is 141 Å². The lowest BCUT2D eigenvalue weighted by atomic mass is 10.0. The fraction of sp³-hybridized carbons (Fsp3) is 0.200. The molecule has 24 heavy (non-hydrogen) atoms. The van der Waals surface area contributed by atoms with Crippen molar-refractivity contribution in [2.75, 3.05) is 5.32 Å². The maximum Gasteiger partial charge on any atom is 0.257 e. The minimum atomic E-state index is -0.209. The second-order valence-corrected chi connectivity index (χ2v) is 6.15. The monoisotopic (exact) mass is 320 g/mol. The largest absolute Gasteiger partial charge is 0.322 e. The minimum absolute atomic E-state index is 0.118. The lowest BCUT2D eigenvalue weighted by Crippen LogP contribution is -2.13. The molecule has 0 fully saturated rings. The van der Waals surface area contributed by atoms with E-state index in [2.05, 4.69) is 19.2 Å². The van der Waals surface area contributed by atoms with Crippen LogP contribution in [-0.4, -0.2) is 16.4 Å². The normalized spacial score (nSPS) is 11.0. The minimum Gasteiger partial charge on any atom is -0.322 e. The lowest BCUT2D eigenvalue weighted by Gasteiger charge is -2.13.